The molecule has 1 aromatic carbocycles. The molecule has 0 aromatic heterocycles. The van der Waals surface area contributed by atoms with Gasteiger partial charge in [0, 0.05) is 12.0 Å². The second-order valence-electron chi connectivity index (χ2n) is 6.25. The van der Waals surface area contributed by atoms with Crippen molar-refractivity contribution in [2.24, 2.45) is 5.92 Å². The Labute approximate surface area is 110 Å². The number of ether oxygens (including phenoxy) is 1. The smallest absolute Gasteiger partial charge is 0.125 e. The molecule has 1 N–H and O–H groups in total. The first kappa shape index (κ1) is 13.4. The summed E-state index contributed by atoms with van der Waals surface area (Å²) in [5, 5.41) is 10.3. The Morgan fingerprint density at radius 2 is 2.17 bits per heavy atom. The first-order valence-electron chi connectivity index (χ1n) is 6.87. The number of aliphatic hydroxyl groups is 1. The fraction of sp³-hybridized carbons (Fsp3) is 0.625. The lowest BCUT2D eigenvalue weighted by atomic mass is 9.85. The average Bonchev–Trinajstić information content (AvgIpc) is 2.28. The van der Waals surface area contributed by atoms with Gasteiger partial charge in [0.2, 0.25) is 0 Å². The fourth-order valence-corrected chi connectivity index (χ4v) is 2.59. The molecule has 2 rings (SSSR count). The number of aliphatic hydroxyl groups excluding tert-OH is 1. The van der Waals surface area contributed by atoms with Gasteiger partial charge in [0.25, 0.3) is 0 Å². The van der Waals surface area contributed by atoms with E-state index in [4.69, 9.17) is 4.74 Å². The molecule has 0 radical (unpaired) electrons. The number of hydrogen-bond acceptors (Lipinski definition) is 2. The Morgan fingerprint density at radius 1 is 1.44 bits per heavy atom. The summed E-state index contributed by atoms with van der Waals surface area (Å²) in [6.45, 7) is 8.60. The van der Waals surface area contributed by atoms with E-state index >= 15 is 0 Å². The Hall–Kier alpha value is -1.02. The van der Waals surface area contributed by atoms with Crippen LogP contribution in [0.5, 0.6) is 5.75 Å². The molecule has 0 bridgehead atoms. The van der Waals surface area contributed by atoms with E-state index in [0.717, 1.165) is 24.2 Å². The van der Waals surface area contributed by atoms with Gasteiger partial charge in [-0.25, -0.2) is 0 Å². The summed E-state index contributed by atoms with van der Waals surface area (Å²) in [6, 6.07) is 6.06. The van der Waals surface area contributed by atoms with Crippen molar-refractivity contribution in [3.63, 3.8) is 0 Å². The van der Waals surface area contributed by atoms with Crippen molar-refractivity contribution in [3.05, 3.63) is 29.3 Å². The lowest BCUT2D eigenvalue weighted by Gasteiger charge is -2.39. The number of fused-ring (bicyclic) bond motifs is 1. The molecule has 0 saturated carbocycles. The van der Waals surface area contributed by atoms with Crippen molar-refractivity contribution >= 4 is 0 Å². The maximum Gasteiger partial charge on any atom is 0.125 e. The van der Waals surface area contributed by atoms with Gasteiger partial charge in [-0.2, -0.15) is 0 Å². The van der Waals surface area contributed by atoms with Crippen molar-refractivity contribution in [1.29, 1.82) is 0 Å². The minimum atomic E-state index is -0.397. The monoisotopic (exact) mass is 248 g/mol. The van der Waals surface area contributed by atoms with Crippen LogP contribution in [0, 0.1) is 12.8 Å². The molecule has 2 atom stereocenters. The second kappa shape index (κ2) is 4.93. The van der Waals surface area contributed by atoms with Crippen LogP contribution in [0.2, 0.25) is 0 Å². The summed E-state index contributed by atoms with van der Waals surface area (Å²) in [6.07, 6.45) is 2.42. The molecule has 0 amide bonds. The van der Waals surface area contributed by atoms with E-state index < -0.39 is 6.10 Å². The highest BCUT2D eigenvalue weighted by Gasteiger charge is 2.36. The van der Waals surface area contributed by atoms with Gasteiger partial charge in [0.15, 0.2) is 0 Å². The molecular weight excluding hydrogens is 224 g/mol. The van der Waals surface area contributed by atoms with Crippen LogP contribution in [0.25, 0.3) is 0 Å². The molecule has 2 nitrogen and oxygen atoms in total. The van der Waals surface area contributed by atoms with Crippen LogP contribution in [-0.2, 0) is 0 Å². The summed E-state index contributed by atoms with van der Waals surface area (Å²) in [5.74, 6) is 1.52. The summed E-state index contributed by atoms with van der Waals surface area (Å²) < 4.78 is 6.14. The Morgan fingerprint density at radius 3 is 2.83 bits per heavy atom. The maximum atomic E-state index is 10.3. The Kier molecular flexibility index (Phi) is 3.67. The van der Waals surface area contributed by atoms with Gasteiger partial charge >= 0.3 is 0 Å². The fourth-order valence-electron chi connectivity index (χ4n) is 2.59. The number of aryl methyl sites for hydroxylation is 1. The average molecular weight is 248 g/mol. The summed E-state index contributed by atoms with van der Waals surface area (Å²) in [4.78, 5) is 0. The molecule has 1 heterocycles. The molecular formula is C16H24O2. The lowest BCUT2D eigenvalue weighted by molar-refractivity contribution is -0.0101. The lowest BCUT2D eigenvalue weighted by Crippen LogP contribution is -2.38. The van der Waals surface area contributed by atoms with Crippen LogP contribution < -0.4 is 4.74 Å². The van der Waals surface area contributed by atoms with Crippen molar-refractivity contribution in [2.75, 3.05) is 0 Å². The third-order valence-electron chi connectivity index (χ3n) is 3.76. The summed E-state index contributed by atoms with van der Waals surface area (Å²) in [7, 11) is 0. The minimum Gasteiger partial charge on any atom is -0.487 e. The van der Waals surface area contributed by atoms with Crippen LogP contribution in [0.1, 0.15) is 57.3 Å². The molecule has 0 spiro atoms. The van der Waals surface area contributed by atoms with E-state index in [1.54, 1.807) is 0 Å². The normalized spacial score (nSPS) is 26.9. The molecule has 0 saturated heterocycles. The maximum absolute atomic E-state index is 10.3. The Balaban J connectivity index is 2.19. The number of benzene rings is 1. The van der Waals surface area contributed by atoms with Gasteiger partial charge < -0.3 is 9.84 Å². The highest BCUT2D eigenvalue weighted by Crippen LogP contribution is 2.42. The van der Waals surface area contributed by atoms with Crippen LogP contribution in [0.15, 0.2) is 18.2 Å². The van der Waals surface area contributed by atoms with Gasteiger partial charge in [0.05, 0.1) is 6.10 Å². The SMILES string of the molecule is Cc1ccc2c(c1)[C@H](O)CC(C)(CCC(C)C)O2. The molecule has 100 valence electrons. The molecule has 1 aliphatic rings. The van der Waals surface area contributed by atoms with E-state index in [2.05, 4.69) is 20.8 Å². The van der Waals surface area contributed by atoms with Crippen molar-refractivity contribution < 1.29 is 9.84 Å². The third-order valence-corrected chi connectivity index (χ3v) is 3.76. The number of hydrogen-bond donors (Lipinski definition) is 1. The van der Waals surface area contributed by atoms with Crippen LogP contribution in [0.4, 0.5) is 0 Å². The largest absolute Gasteiger partial charge is 0.487 e. The van der Waals surface area contributed by atoms with E-state index in [-0.39, 0.29) is 5.60 Å². The molecule has 18 heavy (non-hydrogen) atoms. The minimum absolute atomic E-state index is 0.230. The number of rotatable bonds is 3. The molecule has 0 aliphatic carbocycles. The quantitative estimate of drug-likeness (QED) is 0.876. The van der Waals surface area contributed by atoms with Gasteiger partial charge in [-0.3, -0.25) is 0 Å². The Bertz CT molecular complexity index is 425. The van der Waals surface area contributed by atoms with Gasteiger partial charge in [-0.05, 0) is 44.7 Å². The first-order valence-corrected chi connectivity index (χ1v) is 6.87. The van der Waals surface area contributed by atoms with Crippen molar-refractivity contribution in [2.45, 2.75) is 58.7 Å². The second-order valence-corrected chi connectivity index (χ2v) is 6.25. The van der Waals surface area contributed by atoms with Gasteiger partial charge in [-0.15, -0.1) is 0 Å². The molecule has 2 heteroatoms. The van der Waals surface area contributed by atoms with Crippen molar-refractivity contribution in [1.82, 2.24) is 0 Å². The van der Waals surface area contributed by atoms with Crippen molar-refractivity contribution in [3.8, 4) is 5.75 Å². The van der Waals surface area contributed by atoms with Gasteiger partial charge in [0.1, 0.15) is 11.4 Å². The van der Waals surface area contributed by atoms with E-state index in [1.807, 2.05) is 25.1 Å². The molecule has 1 aliphatic heterocycles. The summed E-state index contributed by atoms with van der Waals surface area (Å²) in [5.41, 5.74) is 1.88. The van der Waals surface area contributed by atoms with E-state index in [0.29, 0.717) is 12.3 Å². The third kappa shape index (κ3) is 2.86. The van der Waals surface area contributed by atoms with Crippen LogP contribution in [0.3, 0.4) is 0 Å². The standard InChI is InChI=1S/C16H24O2/c1-11(2)7-8-16(4)10-14(17)13-9-12(3)5-6-15(13)18-16/h5-6,9,11,14,17H,7-8,10H2,1-4H3/t14-,16?/m1/s1. The molecule has 1 unspecified atom stereocenters. The predicted octanol–water partition coefficient (Wildman–Crippen LogP) is 4.01. The molecule has 0 fully saturated rings. The first-order chi connectivity index (χ1) is 8.39. The van der Waals surface area contributed by atoms with E-state index in [9.17, 15) is 5.11 Å². The van der Waals surface area contributed by atoms with Crippen LogP contribution >= 0.6 is 0 Å². The molecule has 1 aromatic rings. The van der Waals surface area contributed by atoms with Gasteiger partial charge in [-0.1, -0.05) is 25.5 Å². The topological polar surface area (TPSA) is 29.5 Å². The predicted molar refractivity (Wildman–Crippen MR) is 73.9 cm³/mol. The zero-order valence-electron chi connectivity index (χ0n) is 11.9. The van der Waals surface area contributed by atoms with Crippen LogP contribution in [-0.4, -0.2) is 10.7 Å². The zero-order chi connectivity index (χ0) is 13.3. The highest BCUT2D eigenvalue weighted by atomic mass is 16.5. The zero-order valence-corrected chi connectivity index (χ0v) is 11.9. The van der Waals surface area contributed by atoms with E-state index in [1.165, 1.54) is 5.56 Å². The summed E-state index contributed by atoms with van der Waals surface area (Å²) >= 11 is 0. The highest BCUT2D eigenvalue weighted by molar-refractivity contribution is 5.40.